The van der Waals surface area contributed by atoms with Crippen LogP contribution in [-0.2, 0) is 9.53 Å². The van der Waals surface area contributed by atoms with E-state index < -0.39 is 0 Å². The van der Waals surface area contributed by atoms with Crippen molar-refractivity contribution in [2.24, 2.45) is 17.3 Å². The van der Waals surface area contributed by atoms with Crippen molar-refractivity contribution >= 4 is 5.97 Å². The Balaban J connectivity index is 2.66. The Morgan fingerprint density at radius 3 is 2.16 bits per heavy atom. The van der Waals surface area contributed by atoms with Gasteiger partial charge in [-0.1, -0.05) is 27.7 Å². The van der Waals surface area contributed by atoms with E-state index in [1.54, 1.807) is 0 Å². The summed E-state index contributed by atoms with van der Waals surface area (Å²) in [5, 5.41) is 0. The van der Waals surface area contributed by atoms with Crippen LogP contribution in [0.3, 0.4) is 0 Å². The van der Waals surface area contributed by atoms with E-state index in [1.807, 2.05) is 13.8 Å². The molecule has 0 unspecified atom stereocenters. The van der Waals surface area contributed by atoms with E-state index in [2.05, 4.69) is 27.7 Å². The number of rotatable bonds is 5. The monoisotopic (exact) mass is 268 g/mol. The normalized spacial score (nSPS) is 28.5. The quantitative estimate of drug-likeness (QED) is 0.659. The van der Waals surface area contributed by atoms with Crippen LogP contribution in [0.5, 0.6) is 0 Å². The summed E-state index contributed by atoms with van der Waals surface area (Å²) in [6.45, 7) is 12.8. The highest BCUT2D eigenvalue weighted by molar-refractivity contribution is 5.76. The summed E-state index contributed by atoms with van der Waals surface area (Å²) in [6, 6.07) is 0. The molecule has 112 valence electrons. The first kappa shape index (κ1) is 16.5. The molecule has 0 atom stereocenters. The highest BCUT2D eigenvalue weighted by Gasteiger charge is 2.40. The van der Waals surface area contributed by atoms with Gasteiger partial charge in [0, 0.05) is 0 Å². The summed E-state index contributed by atoms with van der Waals surface area (Å²) in [7, 11) is 0. The SMILES string of the molecule is CCC1(OC(=O)C(C)(C)CC)CCC(C(C)C)CC1. The Hall–Kier alpha value is -0.530. The lowest BCUT2D eigenvalue weighted by molar-refractivity contribution is -0.176. The van der Waals surface area contributed by atoms with E-state index in [-0.39, 0.29) is 17.0 Å². The van der Waals surface area contributed by atoms with Crippen LogP contribution < -0.4 is 0 Å². The summed E-state index contributed by atoms with van der Waals surface area (Å²) in [5.74, 6) is 1.54. The Morgan fingerprint density at radius 2 is 1.79 bits per heavy atom. The summed E-state index contributed by atoms with van der Waals surface area (Å²) in [6.07, 6.45) is 6.26. The first-order chi connectivity index (χ1) is 8.76. The molecule has 1 aliphatic carbocycles. The van der Waals surface area contributed by atoms with Crippen LogP contribution in [0.15, 0.2) is 0 Å². The second-order valence-electron chi connectivity index (χ2n) is 7.24. The summed E-state index contributed by atoms with van der Waals surface area (Å²) >= 11 is 0. The average Bonchev–Trinajstić information content (AvgIpc) is 2.39. The van der Waals surface area contributed by atoms with E-state index >= 15 is 0 Å². The van der Waals surface area contributed by atoms with Crippen LogP contribution in [0.4, 0.5) is 0 Å². The first-order valence-corrected chi connectivity index (χ1v) is 8.00. The van der Waals surface area contributed by atoms with Gasteiger partial charge in [-0.05, 0) is 64.2 Å². The zero-order valence-electron chi connectivity index (χ0n) is 13.7. The third-order valence-corrected chi connectivity index (χ3v) is 5.27. The third-order valence-electron chi connectivity index (χ3n) is 5.27. The third kappa shape index (κ3) is 3.97. The molecular formula is C17H32O2. The molecule has 0 aromatic rings. The van der Waals surface area contributed by atoms with Gasteiger partial charge in [0.25, 0.3) is 0 Å². The molecule has 1 aliphatic rings. The van der Waals surface area contributed by atoms with E-state index in [0.717, 1.165) is 37.5 Å². The lowest BCUT2D eigenvalue weighted by Gasteiger charge is -2.41. The second-order valence-corrected chi connectivity index (χ2v) is 7.24. The Kier molecular flexibility index (Phi) is 5.46. The lowest BCUT2D eigenvalue weighted by atomic mass is 9.73. The van der Waals surface area contributed by atoms with Gasteiger partial charge in [0.15, 0.2) is 0 Å². The molecule has 0 aliphatic heterocycles. The fraction of sp³-hybridized carbons (Fsp3) is 0.941. The van der Waals surface area contributed by atoms with E-state index in [1.165, 1.54) is 12.8 Å². The molecular weight excluding hydrogens is 236 g/mol. The van der Waals surface area contributed by atoms with Gasteiger partial charge in [0.2, 0.25) is 0 Å². The molecule has 0 radical (unpaired) electrons. The smallest absolute Gasteiger partial charge is 0.312 e. The average molecular weight is 268 g/mol. The highest BCUT2D eigenvalue weighted by Crippen LogP contribution is 2.41. The minimum Gasteiger partial charge on any atom is -0.459 e. The number of esters is 1. The number of hydrogen-bond donors (Lipinski definition) is 0. The lowest BCUT2D eigenvalue weighted by Crippen LogP contribution is -2.42. The minimum atomic E-state index is -0.350. The molecule has 1 rings (SSSR count). The maximum Gasteiger partial charge on any atom is 0.312 e. The minimum absolute atomic E-state index is 0.0140. The maximum atomic E-state index is 12.3. The summed E-state index contributed by atoms with van der Waals surface area (Å²) in [5.41, 5.74) is -0.536. The molecule has 0 saturated heterocycles. The van der Waals surface area contributed by atoms with Crippen LogP contribution in [-0.4, -0.2) is 11.6 Å². The fourth-order valence-electron chi connectivity index (χ4n) is 2.84. The summed E-state index contributed by atoms with van der Waals surface area (Å²) in [4.78, 5) is 12.3. The van der Waals surface area contributed by atoms with Crippen LogP contribution >= 0.6 is 0 Å². The van der Waals surface area contributed by atoms with Crippen molar-refractivity contribution < 1.29 is 9.53 Å². The molecule has 0 heterocycles. The Morgan fingerprint density at radius 1 is 1.26 bits per heavy atom. The molecule has 1 fully saturated rings. The topological polar surface area (TPSA) is 26.3 Å². The van der Waals surface area contributed by atoms with Gasteiger partial charge in [-0.3, -0.25) is 4.79 Å². The van der Waals surface area contributed by atoms with Crippen LogP contribution in [0, 0.1) is 17.3 Å². The van der Waals surface area contributed by atoms with Crippen molar-refractivity contribution in [3.05, 3.63) is 0 Å². The molecule has 2 heteroatoms. The molecule has 0 amide bonds. The molecule has 0 aromatic carbocycles. The molecule has 0 N–H and O–H groups in total. The van der Waals surface area contributed by atoms with Gasteiger partial charge in [0.1, 0.15) is 5.60 Å². The predicted molar refractivity (Wildman–Crippen MR) is 80.0 cm³/mol. The standard InChI is InChI=1S/C17H32O2/c1-7-16(5,6)15(18)19-17(8-2)11-9-14(10-12-17)13(3)4/h13-14H,7-12H2,1-6H3. The maximum absolute atomic E-state index is 12.3. The van der Waals surface area contributed by atoms with Crippen molar-refractivity contribution in [3.8, 4) is 0 Å². The van der Waals surface area contributed by atoms with E-state index in [9.17, 15) is 4.79 Å². The van der Waals surface area contributed by atoms with Crippen molar-refractivity contribution in [2.75, 3.05) is 0 Å². The van der Waals surface area contributed by atoms with E-state index in [0.29, 0.717) is 0 Å². The highest BCUT2D eigenvalue weighted by atomic mass is 16.6. The zero-order chi connectivity index (χ0) is 14.7. The molecule has 0 aromatic heterocycles. The molecule has 0 spiro atoms. The molecule has 19 heavy (non-hydrogen) atoms. The molecule has 2 nitrogen and oxygen atoms in total. The fourth-order valence-corrected chi connectivity index (χ4v) is 2.84. The number of ether oxygens (including phenoxy) is 1. The van der Waals surface area contributed by atoms with E-state index in [4.69, 9.17) is 4.74 Å². The van der Waals surface area contributed by atoms with Gasteiger partial charge >= 0.3 is 5.97 Å². The van der Waals surface area contributed by atoms with Crippen molar-refractivity contribution in [3.63, 3.8) is 0 Å². The van der Waals surface area contributed by atoms with Gasteiger partial charge in [-0.15, -0.1) is 0 Å². The van der Waals surface area contributed by atoms with Gasteiger partial charge in [-0.2, -0.15) is 0 Å². The second kappa shape index (κ2) is 6.28. The van der Waals surface area contributed by atoms with Crippen LogP contribution in [0.2, 0.25) is 0 Å². The molecule has 0 bridgehead atoms. The largest absolute Gasteiger partial charge is 0.459 e. The number of carbonyl (C=O) groups is 1. The Bertz CT molecular complexity index is 296. The van der Waals surface area contributed by atoms with Crippen LogP contribution in [0.25, 0.3) is 0 Å². The Labute approximate surface area is 119 Å². The van der Waals surface area contributed by atoms with Crippen molar-refractivity contribution in [1.29, 1.82) is 0 Å². The first-order valence-electron chi connectivity index (χ1n) is 8.00. The number of carbonyl (C=O) groups excluding carboxylic acids is 1. The van der Waals surface area contributed by atoms with Gasteiger partial charge in [-0.25, -0.2) is 0 Å². The van der Waals surface area contributed by atoms with Crippen molar-refractivity contribution in [2.45, 2.75) is 85.7 Å². The number of hydrogen-bond acceptors (Lipinski definition) is 2. The van der Waals surface area contributed by atoms with Gasteiger partial charge < -0.3 is 4.74 Å². The zero-order valence-corrected chi connectivity index (χ0v) is 13.7. The van der Waals surface area contributed by atoms with Gasteiger partial charge in [0.05, 0.1) is 5.41 Å². The molecule has 1 saturated carbocycles. The summed E-state index contributed by atoms with van der Waals surface area (Å²) < 4.78 is 5.97. The van der Waals surface area contributed by atoms with Crippen LogP contribution in [0.1, 0.15) is 80.1 Å². The predicted octanol–water partition coefficient (Wildman–Crippen LogP) is 4.96. The van der Waals surface area contributed by atoms with Crippen molar-refractivity contribution in [1.82, 2.24) is 0 Å².